The Morgan fingerprint density at radius 3 is 2.65 bits per heavy atom. The Hall–Kier alpha value is -2.46. The molecule has 100 valence electrons. The normalized spacial score (nSPS) is 12.3. The van der Waals surface area contributed by atoms with Gasteiger partial charge in [-0.15, -0.1) is 0 Å². The van der Waals surface area contributed by atoms with Crippen LogP contribution in [0.5, 0.6) is 11.6 Å². The molecule has 0 radical (unpaired) electrons. The number of benzene rings is 1. The van der Waals surface area contributed by atoms with Gasteiger partial charge in [0.1, 0.15) is 5.52 Å². The molecule has 0 aliphatic rings. The van der Waals surface area contributed by atoms with E-state index < -0.39 is 6.10 Å². The fourth-order valence-electron chi connectivity index (χ4n) is 1.97. The number of aromatic nitrogens is 2. The summed E-state index contributed by atoms with van der Waals surface area (Å²) >= 11 is 0. The minimum absolute atomic E-state index is 0.479. The maximum atomic E-state index is 9.45. The van der Waals surface area contributed by atoms with Gasteiger partial charge in [0.2, 0.25) is 5.88 Å². The van der Waals surface area contributed by atoms with E-state index in [0.29, 0.717) is 11.6 Å². The van der Waals surface area contributed by atoms with Gasteiger partial charge in [0, 0.05) is 23.8 Å². The summed E-state index contributed by atoms with van der Waals surface area (Å²) in [5.74, 6) is 1.15. The van der Waals surface area contributed by atoms with Crippen molar-refractivity contribution in [2.75, 3.05) is 0 Å². The van der Waals surface area contributed by atoms with Crippen LogP contribution in [0, 0.1) is 0 Å². The fraction of sp³-hybridized carbons (Fsp3) is 0.125. The van der Waals surface area contributed by atoms with E-state index >= 15 is 0 Å². The number of nitrogens with zero attached hydrogens (tertiary/aromatic N) is 2. The molecule has 3 rings (SSSR count). The van der Waals surface area contributed by atoms with Gasteiger partial charge in [-0.25, -0.2) is 4.98 Å². The highest BCUT2D eigenvalue weighted by Gasteiger charge is 2.06. The van der Waals surface area contributed by atoms with E-state index in [4.69, 9.17) is 4.74 Å². The third-order valence-electron chi connectivity index (χ3n) is 3.05. The summed E-state index contributed by atoms with van der Waals surface area (Å²) in [5, 5.41) is 10.5. The van der Waals surface area contributed by atoms with Gasteiger partial charge in [0.05, 0.1) is 6.10 Å². The van der Waals surface area contributed by atoms with Crippen LogP contribution in [0.1, 0.15) is 18.6 Å². The third-order valence-corrected chi connectivity index (χ3v) is 3.05. The molecule has 4 heteroatoms. The molecule has 1 N–H and O–H groups in total. The molecule has 1 atom stereocenters. The molecule has 0 aliphatic heterocycles. The number of hydrogen-bond acceptors (Lipinski definition) is 4. The molecule has 0 amide bonds. The largest absolute Gasteiger partial charge is 0.437 e. The number of para-hydroxylation sites is 1. The number of ether oxygens (including phenoxy) is 1. The second-order valence-electron chi connectivity index (χ2n) is 4.54. The molecule has 2 aromatic heterocycles. The molecule has 3 aromatic rings. The Kier molecular flexibility index (Phi) is 3.31. The van der Waals surface area contributed by atoms with Crippen LogP contribution in [0.3, 0.4) is 0 Å². The van der Waals surface area contributed by atoms with Crippen molar-refractivity contribution < 1.29 is 9.84 Å². The minimum atomic E-state index is -0.532. The lowest BCUT2D eigenvalue weighted by Gasteiger charge is -2.08. The van der Waals surface area contributed by atoms with Gasteiger partial charge in [0.25, 0.3) is 0 Å². The molecule has 0 bridgehead atoms. The summed E-state index contributed by atoms with van der Waals surface area (Å²) in [6, 6.07) is 13.2. The Morgan fingerprint density at radius 2 is 1.90 bits per heavy atom. The van der Waals surface area contributed by atoms with Gasteiger partial charge < -0.3 is 9.84 Å². The molecular formula is C16H14N2O2. The molecule has 20 heavy (non-hydrogen) atoms. The van der Waals surface area contributed by atoms with Crippen molar-refractivity contribution in [2.45, 2.75) is 13.0 Å². The molecule has 0 aliphatic carbocycles. The van der Waals surface area contributed by atoms with Gasteiger partial charge in [0.15, 0.2) is 5.75 Å². The third kappa shape index (κ3) is 2.46. The Morgan fingerprint density at radius 1 is 1.05 bits per heavy atom. The van der Waals surface area contributed by atoms with Crippen LogP contribution in [0.15, 0.2) is 54.9 Å². The number of pyridine rings is 2. The minimum Gasteiger partial charge on any atom is -0.437 e. The lowest BCUT2D eigenvalue weighted by Crippen LogP contribution is -1.94. The van der Waals surface area contributed by atoms with Crippen LogP contribution >= 0.6 is 0 Å². The Balaban J connectivity index is 1.93. The van der Waals surface area contributed by atoms with Gasteiger partial charge >= 0.3 is 0 Å². The predicted octanol–water partition coefficient (Wildman–Crippen LogP) is 3.48. The summed E-state index contributed by atoms with van der Waals surface area (Å²) in [6.45, 7) is 1.70. The number of fused-ring (bicyclic) bond motifs is 1. The van der Waals surface area contributed by atoms with Gasteiger partial charge in [-0.2, -0.15) is 0 Å². The zero-order valence-electron chi connectivity index (χ0n) is 11.0. The maximum Gasteiger partial charge on any atom is 0.219 e. The van der Waals surface area contributed by atoms with E-state index in [9.17, 15) is 5.11 Å². The quantitative estimate of drug-likeness (QED) is 0.788. The van der Waals surface area contributed by atoms with Crippen molar-refractivity contribution in [2.24, 2.45) is 0 Å². The first-order valence-corrected chi connectivity index (χ1v) is 6.39. The van der Waals surface area contributed by atoms with Crippen molar-refractivity contribution in [3.05, 3.63) is 60.4 Å². The summed E-state index contributed by atoms with van der Waals surface area (Å²) in [6.07, 6.45) is 2.81. The number of aliphatic hydroxyl groups excluding tert-OH is 1. The second kappa shape index (κ2) is 5.27. The van der Waals surface area contributed by atoms with Gasteiger partial charge in [-0.1, -0.05) is 18.2 Å². The second-order valence-corrected chi connectivity index (χ2v) is 4.54. The van der Waals surface area contributed by atoms with Crippen LogP contribution in [-0.4, -0.2) is 15.1 Å². The number of aliphatic hydroxyl groups is 1. The fourth-order valence-corrected chi connectivity index (χ4v) is 1.97. The predicted molar refractivity (Wildman–Crippen MR) is 76.7 cm³/mol. The smallest absolute Gasteiger partial charge is 0.219 e. The molecular weight excluding hydrogens is 252 g/mol. The van der Waals surface area contributed by atoms with Crippen LogP contribution in [-0.2, 0) is 0 Å². The number of hydrogen-bond donors (Lipinski definition) is 1. The molecule has 1 unspecified atom stereocenters. The van der Waals surface area contributed by atoms with Crippen LogP contribution in [0.25, 0.3) is 10.9 Å². The van der Waals surface area contributed by atoms with Crippen LogP contribution in [0.4, 0.5) is 0 Å². The highest BCUT2D eigenvalue weighted by atomic mass is 16.5. The lowest BCUT2D eigenvalue weighted by molar-refractivity contribution is 0.198. The molecule has 0 saturated heterocycles. The topological polar surface area (TPSA) is 55.2 Å². The summed E-state index contributed by atoms with van der Waals surface area (Å²) in [4.78, 5) is 8.52. The van der Waals surface area contributed by atoms with Crippen molar-refractivity contribution in [3.63, 3.8) is 0 Å². The SMILES string of the molecule is CC(O)c1ccc(Oc2cccc3cccnc23)nc1. The standard InChI is InChI=1S/C16H14N2O2/c1-11(19)13-7-8-15(18-10-13)20-14-6-2-4-12-5-3-9-17-16(12)14/h2-11,19H,1H3. The van der Waals surface area contributed by atoms with E-state index in [1.165, 1.54) is 0 Å². The van der Waals surface area contributed by atoms with E-state index in [2.05, 4.69) is 9.97 Å². The maximum absolute atomic E-state index is 9.45. The monoisotopic (exact) mass is 266 g/mol. The van der Waals surface area contributed by atoms with Gasteiger partial charge in [-0.3, -0.25) is 4.98 Å². The van der Waals surface area contributed by atoms with Gasteiger partial charge in [-0.05, 0) is 30.7 Å². The van der Waals surface area contributed by atoms with E-state index in [1.54, 1.807) is 31.5 Å². The van der Waals surface area contributed by atoms with E-state index in [-0.39, 0.29) is 0 Å². The Labute approximate surface area is 116 Å². The Bertz CT molecular complexity index is 719. The van der Waals surface area contributed by atoms with Crippen molar-refractivity contribution in [3.8, 4) is 11.6 Å². The van der Waals surface area contributed by atoms with Crippen molar-refractivity contribution in [1.29, 1.82) is 0 Å². The molecule has 1 aromatic carbocycles. The van der Waals surface area contributed by atoms with Crippen molar-refractivity contribution >= 4 is 10.9 Å². The summed E-state index contributed by atoms with van der Waals surface area (Å²) in [5.41, 5.74) is 1.56. The van der Waals surface area contributed by atoms with Crippen molar-refractivity contribution in [1.82, 2.24) is 9.97 Å². The molecule has 0 saturated carbocycles. The van der Waals surface area contributed by atoms with E-state index in [0.717, 1.165) is 16.5 Å². The average Bonchev–Trinajstić information content (AvgIpc) is 2.48. The highest BCUT2D eigenvalue weighted by Crippen LogP contribution is 2.27. The molecule has 0 fully saturated rings. The zero-order valence-corrected chi connectivity index (χ0v) is 11.0. The first-order chi connectivity index (χ1) is 9.74. The molecule has 0 spiro atoms. The van der Waals surface area contributed by atoms with E-state index in [1.807, 2.05) is 30.3 Å². The lowest BCUT2D eigenvalue weighted by atomic mass is 10.2. The highest BCUT2D eigenvalue weighted by molar-refractivity contribution is 5.84. The first kappa shape index (κ1) is 12.6. The summed E-state index contributed by atoms with van der Waals surface area (Å²) in [7, 11) is 0. The average molecular weight is 266 g/mol. The van der Waals surface area contributed by atoms with Crippen LogP contribution < -0.4 is 4.74 Å². The first-order valence-electron chi connectivity index (χ1n) is 6.39. The van der Waals surface area contributed by atoms with Crippen LogP contribution in [0.2, 0.25) is 0 Å². The summed E-state index contributed by atoms with van der Waals surface area (Å²) < 4.78 is 5.77. The number of rotatable bonds is 3. The molecule has 2 heterocycles. The molecule has 4 nitrogen and oxygen atoms in total. The zero-order chi connectivity index (χ0) is 13.9.